The van der Waals surface area contributed by atoms with Crippen molar-refractivity contribution in [2.75, 3.05) is 29.9 Å². The third kappa shape index (κ3) is 4.54. The zero-order valence-electron chi connectivity index (χ0n) is 18.0. The number of aromatic nitrogens is 5. The van der Waals surface area contributed by atoms with Gasteiger partial charge in [0.1, 0.15) is 17.7 Å². The summed E-state index contributed by atoms with van der Waals surface area (Å²) in [5.74, 6) is 1.59. The molecule has 1 saturated heterocycles. The van der Waals surface area contributed by atoms with Gasteiger partial charge in [0.05, 0.1) is 6.20 Å². The van der Waals surface area contributed by atoms with Gasteiger partial charge in [-0.2, -0.15) is 4.98 Å². The van der Waals surface area contributed by atoms with Crippen LogP contribution >= 0.6 is 0 Å². The number of fused-ring (bicyclic) bond motifs is 1. The average Bonchev–Trinajstić information content (AvgIpc) is 3.55. The number of hydrogen-bond donors (Lipinski definition) is 3. The molecular weight excluding hydrogens is 406 g/mol. The van der Waals surface area contributed by atoms with Crippen molar-refractivity contribution in [2.24, 2.45) is 11.5 Å². The summed E-state index contributed by atoms with van der Waals surface area (Å²) in [5.41, 5.74) is 12.4. The number of nitrogens with one attached hydrogen (secondary N) is 1. The Morgan fingerprint density at radius 3 is 2.72 bits per heavy atom. The van der Waals surface area contributed by atoms with E-state index in [2.05, 4.69) is 20.3 Å². The lowest BCUT2D eigenvalue weighted by Gasteiger charge is -2.16. The van der Waals surface area contributed by atoms with Gasteiger partial charge in [-0.1, -0.05) is 13.0 Å². The second kappa shape index (κ2) is 9.48. The molecule has 4 heterocycles. The van der Waals surface area contributed by atoms with Crippen molar-refractivity contribution in [3.05, 3.63) is 60.7 Å². The first kappa shape index (κ1) is 21.3. The van der Waals surface area contributed by atoms with E-state index in [-0.39, 0.29) is 0 Å². The molecule has 0 radical (unpaired) electrons. The Kier molecular flexibility index (Phi) is 6.31. The van der Waals surface area contributed by atoms with E-state index in [4.69, 9.17) is 16.5 Å². The second-order valence-corrected chi connectivity index (χ2v) is 7.41. The van der Waals surface area contributed by atoms with Crippen LogP contribution in [0.25, 0.3) is 11.2 Å². The first-order chi connectivity index (χ1) is 15.6. The number of carbonyl (C=O) groups is 1. The predicted octanol–water partition coefficient (Wildman–Crippen LogP) is 2.32. The molecule has 4 aromatic rings. The van der Waals surface area contributed by atoms with Crippen LogP contribution in [0, 0.1) is 0 Å². The van der Waals surface area contributed by atoms with Crippen LogP contribution in [0.5, 0.6) is 0 Å². The topological polar surface area (TPSA) is 132 Å². The third-order valence-electron chi connectivity index (χ3n) is 5.03. The van der Waals surface area contributed by atoms with Crippen LogP contribution in [-0.2, 0) is 0 Å². The molecule has 166 valence electrons. The number of carbonyl (C=O) groups excluding carboxylic acids is 1. The van der Waals surface area contributed by atoms with Gasteiger partial charge in [0, 0.05) is 30.5 Å². The van der Waals surface area contributed by atoms with Gasteiger partial charge in [0.25, 0.3) is 0 Å². The summed E-state index contributed by atoms with van der Waals surface area (Å²) in [6, 6.07) is 11.0. The summed E-state index contributed by atoms with van der Waals surface area (Å²) in [6.45, 7) is 4.59. The number of amides is 1. The highest BCUT2D eigenvalue weighted by Crippen LogP contribution is 2.24. The van der Waals surface area contributed by atoms with Gasteiger partial charge in [-0.05, 0) is 49.7 Å². The summed E-state index contributed by atoms with van der Waals surface area (Å²) in [4.78, 5) is 22.8. The molecule has 1 amide bonds. The minimum Gasteiger partial charge on any atom is -0.366 e. The van der Waals surface area contributed by atoms with E-state index < -0.39 is 5.91 Å². The molecule has 32 heavy (non-hydrogen) atoms. The number of rotatable bonds is 5. The quantitative estimate of drug-likeness (QED) is 0.440. The van der Waals surface area contributed by atoms with Crippen molar-refractivity contribution in [1.29, 1.82) is 0 Å². The Morgan fingerprint density at radius 1 is 1.19 bits per heavy atom. The molecule has 1 fully saturated rings. The van der Waals surface area contributed by atoms with E-state index in [0.29, 0.717) is 23.1 Å². The minimum atomic E-state index is -0.462. The monoisotopic (exact) mass is 433 g/mol. The van der Waals surface area contributed by atoms with Crippen LogP contribution in [0.1, 0.15) is 30.1 Å². The normalized spacial score (nSPS) is 13.1. The number of imidazole rings is 1. The van der Waals surface area contributed by atoms with Gasteiger partial charge >= 0.3 is 0 Å². The van der Waals surface area contributed by atoms with Crippen LogP contribution < -0.4 is 21.7 Å². The second-order valence-electron chi connectivity index (χ2n) is 7.41. The van der Waals surface area contributed by atoms with Gasteiger partial charge in [-0.3, -0.25) is 4.79 Å². The molecule has 0 bridgehead atoms. The van der Waals surface area contributed by atoms with Gasteiger partial charge in [-0.25, -0.2) is 9.50 Å². The Hall–Kier alpha value is -3.92. The van der Waals surface area contributed by atoms with E-state index in [1.165, 1.54) is 0 Å². The zero-order valence-corrected chi connectivity index (χ0v) is 18.0. The van der Waals surface area contributed by atoms with E-state index in [0.717, 1.165) is 43.7 Å². The summed E-state index contributed by atoms with van der Waals surface area (Å²) < 4.78 is 3.66. The number of nitrogens with two attached hydrogens (primary N) is 2. The first-order valence-electron chi connectivity index (χ1n) is 10.6. The molecule has 0 atom stereocenters. The summed E-state index contributed by atoms with van der Waals surface area (Å²) in [6.07, 6.45) is 7.75. The van der Waals surface area contributed by atoms with E-state index in [1.54, 1.807) is 24.5 Å². The van der Waals surface area contributed by atoms with Crippen LogP contribution in [-0.4, -0.2) is 49.7 Å². The van der Waals surface area contributed by atoms with Crippen LogP contribution in [0.15, 0.2) is 55.1 Å². The van der Waals surface area contributed by atoms with Crippen molar-refractivity contribution >= 4 is 29.0 Å². The predicted molar refractivity (Wildman–Crippen MR) is 125 cm³/mol. The molecular formula is C22H27N9O. The maximum Gasteiger partial charge on any atom is 0.248 e. The largest absolute Gasteiger partial charge is 0.366 e. The van der Waals surface area contributed by atoms with Crippen LogP contribution in [0.3, 0.4) is 0 Å². The summed E-state index contributed by atoms with van der Waals surface area (Å²) >= 11 is 0. The van der Waals surface area contributed by atoms with Crippen molar-refractivity contribution in [2.45, 2.75) is 19.8 Å². The Labute approximate surface area is 185 Å². The number of benzene rings is 1. The highest BCUT2D eigenvalue weighted by atomic mass is 16.1. The molecule has 0 spiro atoms. The van der Waals surface area contributed by atoms with E-state index >= 15 is 0 Å². The molecule has 3 aromatic heterocycles. The van der Waals surface area contributed by atoms with Crippen LogP contribution in [0.2, 0.25) is 0 Å². The first-order valence-corrected chi connectivity index (χ1v) is 10.6. The Bertz CT molecular complexity index is 1210. The molecule has 10 heteroatoms. The Morgan fingerprint density at radius 2 is 1.97 bits per heavy atom. The third-order valence-corrected chi connectivity index (χ3v) is 5.03. The maximum absolute atomic E-state index is 11.4. The van der Waals surface area contributed by atoms with Gasteiger partial charge in [0.2, 0.25) is 11.9 Å². The standard InChI is InChI=1S/C20H20N8O.C2H7N/c21-18(29)14-5-3-6-15(11-14)27-12-17(22-13-27)23-19-16-7-4-10-28(16)25-20(24-19)26-8-1-2-9-26;1-2-3/h3-7,10-13H,1-2,8-9H2,(H2,21,29)(H,23,24,25);2-3H2,1H3. The van der Waals surface area contributed by atoms with Crippen molar-refractivity contribution in [3.8, 4) is 5.69 Å². The fourth-order valence-electron chi connectivity index (χ4n) is 3.54. The lowest BCUT2D eigenvalue weighted by Crippen LogP contribution is -2.22. The highest BCUT2D eigenvalue weighted by molar-refractivity contribution is 5.93. The van der Waals surface area contributed by atoms with Crippen molar-refractivity contribution < 1.29 is 4.79 Å². The fourth-order valence-corrected chi connectivity index (χ4v) is 3.54. The van der Waals surface area contributed by atoms with Gasteiger partial charge in [0.15, 0.2) is 5.82 Å². The average molecular weight is 434 g/mol. The summed E-state index contributed by atoms with van der Waals surface area (Å²) in [5, 5.41) is 7.92. The number of primary amides is 1. The lowest BCUT2D eigenvalue weighted by atomic mass is 10.2. The molecule has 1 aromatic carbocycles. The van der Waals surface area contributed by atoms with Gasteiger partial charge < -0.3 is 26.3 Å². The summed E-state index contributed by atoms with van der Waals surface area (Å²) in [7, 11) is 0. The van der Waals surface area contributed by atoms with E-state index in [9.17, 15) is 4.79 Å². The fraction of sp³-hybridized carbons (Fsp3) is 0.273. The zero-order chi connectivity index (χ0) is 22.5. The molecule has 0 saturated carbocycles. The highest BCUT2D eigenvalue weighted by Gasteiger charge is 2.18. The molecule has 5 N–H and O–H groups in total. The molecule has 0 unspecified atom stereocenters. The molecule has 1 aliphatic heterocycles. The number of anilines is 3. The molecule has 1 aliphatic rings. The molecule has 5 rings (SSSR count). The van der Waals surface area contributed by atoms with Crippen molar-refractivity contribution in [1.82, 2.24) is 24.1 Å². The SMILES string of the molecule is CCN.NC(=O)c1cccc(-n2cnc(Nc3nc(N4CCCC4)nn4cccc34)c2)c1. The molecule has 0 aliphatic carbocycles. The minimum absolute atomic E-state index is 0.451. The van der Waals surface area contributed by atoms with E-state index in [1.807, 2.05) is 46.6 Å². The van der Waals surface area contributed by atoms with Crippen LogP contribution in [0.4, 0.5) is 17.6 Å². The number of nitrogens with zero attached hydrogens (tertiary/aromatic N) is 6. The molecule has 10 nitrogen and oxygen atoms in total. The van der Waals surface area contributed by atoms with Crippen molar-refractivity contribution in [3.63, 3.8) is 0 Å². The number of hydrogen-bond acceptors (Lipinski definition) is 7. The van der Waals surface area contributed by atoms with Gasteiger partial charge in [-0.15, -0.1) is 5.10 Å². The Balaban J connectivity index is 0.000000775. The maximum atomic E-state index is 11.4. The lowest BCUT2D eigenvalue weighted by molar-refractivity contribution is 0.1000. The smallest absolute Gasteiger partial charge is 0.248 e.